The summed E-state index contributed by atoms with van der Waals surface area (Å²) in [5, 5.41) is 13.8. The summed E-state index contributed by atoms with van der Waals surface area (Å²) in [6.45, 7) is 6.26. The van der Waals surface area contributed by atoms with Gasteiger partial charge in [-0.1, -0.05) is 33.1 Å². The summed E-state index contributed by atoms with van der Waals surface area (Å²) in [6.07, 6.45) is 6.95. The highest BCUT2D eigenvalue weighted by molar-refractivity contribution is 5.74. The molecule has 0 aromatic heterocycles. The van der Waals surface area contributed by atoms with Crippen molar-refractivity contribution in [3.8, 4) is 0 Å². The van der Waals surface area contributed by atoms with E-state index < -0.39 is 5.60 Å². The molecule has 1 heterocycles. The lowest BCUT2D eigenvalue weighted by Gasteiger charge is -2.49. The van der Waals surface area contributed by atoms with E-state index in [2.05, 4.69) is 5.32 Å². The Bertz CT molecular complexity index is 380. The molecule has 1 atom stereocenters. The minimum absolute atomic E-state index is 0.0121. The van der Waals surface area contributed by atoms with E-state index in [0.29, 0.717) is 32.0 Å². The van der Waals surface area contributed by atoms with Crippen molar-refractivity contribution < 1.29 is 14.6 Å². The lowest BCUT2D eigenvalue weighted by molar-refractivity contribution is -0.143. The van der Waals surface area contributed by atoms with Crippen LogP contribution < -0.4 is 5.32 Å². The fraction of sp³-hybridized carbons (Fsp3) is 0.941. The minimum atomic E-state index is -0.859. The first kappa shape index (κ1) is 17.5. The molecule has 2 rings (SSSR count). The summed E-state index contributed by atoms with van der Waals surface area (Å²) in [5.74, 6) is 0.640. The predicted molar refractivity (Wildman–Crippen MR) is 86.8 cm³/mol. The maximum Gasteiger partial charge on any atom is 0.317 e. The molecule has 2 fully saturated rings. The normalized spacial score (nSPS) is 29.4. The number of hydrogen-bond donors (Lipinski definition) is 2. The lowest BCUT2D eigenvalue weighted by atomic mass is 9.70. The first-order chi connectivity index (χ1) is 10.4. The van der Waals surface area contributed by atoms with Crippen LogP contribution in [0, 0.1) is 11.3 Å². The van der Waals surface area contributed by atoms with Crippen molar-refractivity contribution in [3.63, 3.8) is 0 Å². The standard InChI is InChI=1S/C17H32N2O3/c1-16(2)12-19(10-9-17(16,21)13-22-3)15(20)18-11-14-7-5-4-6-8-14/h14,21H,4-13H2,1-3H3,(H,18,20). The van der Waals surface area contributed by atoms with Gasteiger partial charge < -0.3 is 20.1 Å². The molecule has 0 aromatic rings. The Morgan fingerprint density at radius 3 is 2.59 bits per heavy atom. The quantitative estimate of drug-likeness (QED) is 0.838. The van der Waals surface area contributed by atoms with Gasteiger partial charge in [0, 0.05) is 32.2 Å². The van der Waals surface area contributed by atoms with Crippen molar-refractivity contribution in [2.24, 2.45) is 11.3 Å². The summed E-state index contributed by atoms with van der Waals surface area (Å²) in [7, 11) is 1.61. The highest BCUT2D eigenvalue weighted by atomic mass is 16.5. The molecule has 1 aliphatic carbocycles. The number of ether oxygens (including phenoxy) is 1. The Morgan fingerprint density at radius 1 is 1.32 bits per heavy atom. The van der Waals surface area contributed by atoms with Gasteiger partial charge in [0.1, 0.15) is 0 Å². The Kier molecular flexibility index (Phi) is 5.72. The van der Waals surface area contributed by atoms with Crippen molar-refractivity contribution in [3.05, 3.63) is 0 Å². The Balaban J connectivity index is 1.84. The number of carbonyl (C=O) groups excluding carboxylic acids is 1. The molecule has 128 valence electrons. The van der Waals surface area contributed by atoms with Crippen LogP contribution in [-0.2, 0) is 4.74 Å². The molecule has 1 unspecified atom stereocenters. The SMILES string of the molecule is COCC1(O)CCN(C(=O)NCC2CCCCC2)CC1(C)C. The van der Waals surface area contributed by atoms with E-state index in [-0.39, 0.29) is 11.4 Å². The van der Waals surface area contributed by atoms with Crippen molar-refractivity contribution in [1.82, 2.24) is 10.2 Å². The zero-order chi connectivity index (χ0) is 16.2. The molecule has 0 bridgehead atoms. The fourth-order valence-corrected chi connectivity index (χ4v) is 3.78. The molecular weight excluding hydrogens is 280 g/mol. The van der Waals surface area contributed by atoms with Gasteiger partial charge in [-0.05, 0) is 25.2 Å². The molecule has 1 saturated heterocycles. The zero-order valence-electron chi connectivity index (χ0n) is 14.4. The van der Waals surface area contributed by atoms with Crippen LogP contribution in [0.2, 0.25) is 0 Å². The number of nitrogens with zero attached hydrogens (tertiary/aromatic N) is 1. The van der Waals surface area contributed by atoms with Crippen LogP contribution >= 0.6 is 0 Å². The Morgan fingerprint density at radius 2 is 2.00 bits per heavy atom. The van der Waals surface area contributed by atoms with Crippen molar-refractivity contribution in [1.29, 1.82) is 0 Å². The number of likely N-dealkylation sites (tertiary alicyclic amines) is 1. The predicted octanol–water partition coefficient (Wildman–Crippen LogP) is 2.39. The second kappa shape index (κ2) is 7.18. The number of nitrogens with one attached hydrogen (secondary N) is 1. The van der Waals surface area contributed by atoms with E-state index in [1.54, 1.807) is 7.11 Å². The Hall–Kier alpha value is -0.810. The molecule has 5 heteroatoms. The van der Waals surface area contributed by atoms with Crippen LogP contribution in [0.3, 0.4) is 0 Å². The van der Waals surface area contributed by atoms with Gasteiger partial charge in [-0.3, -0.25) is 0 Å². The van der Waals surface area contributed by atoms with Gasteiger partial charge in [-0.15, -0.1) is 0 Å². The van der Waals surface area contributed by atoms with Crippen LogP contribution in [0.1, 0.15) is 52.4 Å². The lowest BCUT2D eigenvalue weighted by Crippen LogP contribution is -2.61. The number of carbonyl (C=O) groups is 1. The fourth-order valence-electron chi connectivity index (χ4n) is 3.78. The van der Waals surface area contributed by atoms with Crippen molar-refractivity contribution in [2.45, 2.75) is 58.0 Å². The molecule has 0 spiro atoms. The first-order valence-electron chi connectivity index (χ1n) is 8.62. The van der Waals surface area contributed by atoms with Gasteiger partial charge in [0.2, 0.25) is 0 Å². The number of hydrogen-bond acceptors (Lipinski definition) is 3. The van der Waals surface area contributed by atoms with E-state index in [1.807, 2.05) is 18.7 Å². The zero-order valence-corrected chi connectivity index (χ0v) is 14.4. The Labute approximate surface area is 134 Å². The second-order valence-corrected chi connectivity index (χ2v) is 7.71. The highest BCUT2D eigenvalue weighted by Gasteiger charge is 2.48. The number of amides is 2. The number of rotatable bonds is 4. The van der Waals surface area contributed by atoms with Crippen LogP contribution in [-0.4, -0.2) is 55.0 Å². The molecular formula is C17H32N2O3. The second-order valence-electron chi connectivity index (χ2n) is 7.71. The third-order valence-corrected chi connectivity index (χ3v) is 5.58. The minimum Gasteiger partial charge on any atom is -0.387 e. The number of methoxy groups -OCH3 is 1. The van der Waals surface area contributed by atoms with E-state index in [4.69, 9.17) is 4.74 Å². The average molecular weight is 312 g/mol. The first-order valence-corrected chi connectivity index (χ1v) is 8.62. The maximum absolute atomic E-state index is 12.4. The molecule has 2 N–H and O–H groups in total. The van der Waals surface area contributed by atoms with Crippen LogP contribution in [0.5, 0.6) is 0 Å². The molecule has 1 aliphatic heterocycles. The molecule has 5 nitrogen and oxygen atoms in total. The number of aliphatic hydroxyl groups is 1. The van der Waals surface area contributed by atoms with Crippen molar-refractivity contribution >= 4 is 6.03 Å². The van der Waals surface area contributed by atoms with E-state index in [9.17, 15) is 9.90 Å². The van der Waals surface area contributed by atoms with Gasteiger partial charge in [0.25, 0.3) is 0 Å². The third-order valence-electron chi connectivity index (χ3n) is 5.58. The van der Waals surface area contributed by atoms with Crippen molar-refractivity contribution in [2.75, 3.05) is 33.4 Å². The summed E-state index contributed by atoms with van der Waals surface area (Å²) < 4.78 is 5.17. The van der Waals surface area contributed by atoms with Gasteiger partial charge >= 0.3 is 6.03 Å². The summed E-state index contributed by atoms with van der Waals surface area (Å²) in [5.41, 5.74) is -1.23. The summed E-state index contributed by atoms with van der Waals surface area (Å²) >= 11 is 0. The van der Waals surface area contributed by atoms with Gasteiger partial charge in [0.15, 0.2) is 0 Å². The molecule has 22 heavy (non-hydrogen) atoms. The summed E-state index contributed by atoms with van der Waals surface area (Å²) in [6, 6.07) is 0.0121. The maximum atomic E-state index is 12.4. The average Bonchev–Trinajstić information content (AvgIpc) is 2.49. The number of piperidine rings is 1. The van der Waals surface area contributed by atoms with Crippen LogP contribution in [0.4, 0.5) is 4.79 Å². The monoisotopic (exact) mass is 312 g/mol. The van der Waals surface area contributed by atoms with E-state index in [0.717, 1.165) is 6.54 Å². The molecule has 2 amide bonds. The smallest absolute Gasteiger partial charge is 0.317 e. The van der Waals surface area contributed by atoms with Gasteiger partial charge in [-0.25, -0.2) is 4.79 Å². The van der Waals surface area contributed by atoms with E-state index >= 15 is 0 Å². The van der Waals surface area contributed by atoms with Gasteiger partial charge in [-0.2, -0.15) is 0 Å². The number of urea groups is 1. The molecule has 0 radical (unpaired) electrons. The molecule has 0 aromatic carbocycles. The highest BCUT2D eigenvalue weighted by Crippen LogP contribution is 2.38. The van der Waals surface area contributed by atoms with Crippen LogP contribution in [0.25, 0.3) is 0 Å². The van der Waals surface area contributed by atoms with E-state index in [1.165, 1.54) is 32.1 Å². The topological polar surface area (TPSA) is 61.8 Å². The molecule has 1 saturated carbocycles. The van der Waals surface area contributed by atoms with Crippen LogP contribution in [0.15, 0.2) is 0 Å². The van der Waals surface area contributed by atoms with Gasteiger partial charge in [0.05, 0.1) is 12.2 Å². The third kappa shape index (κ3) is 3.93. The summed E-state index contributed by atoms with van der Waals surface area (Å²) in [4.78, 5) is 14.2. The molecule has 2 aliphatic rings. The largest absolute Gasteiger partial charge is 0.387 e.